The van der Waals surface area contributed by atoms with Gasteiger partial charge in [-0.3, -0.25) is 14.5 Å². The van der Waals surface area contributed by atoms with Gasteiger partial charge >= 0.3 is 0 Å². The SMILES string of the molecule is O=C1CCCCC(=O)N1CC1(CS)CCC1. The molecule has 0 atom stereocenters. The Bertz CT molecular complexity index is 276. The van der Waals surface area contributed by atoms with Crippen LogP contribution < -0.4 is 0 Å². The number of carbonyl (C=O) groups is 2. The monoisotopic (exact) mass is 241 g/mol. The maximum Gasteiger partial charge on any atom is 0.229 e. The van der Waals surface area contributed by atoms with Gasteiger partial charge in [0.05, 0.1) is 0 Å². The molecule has 1 saturated heterocycles. The Morgan fingerprint density at radius 1 is 1.06 bits per heavy atom. The number of thiol groups is 1. The fraction of sp³-hybridized carbons (Fsp3) is 0.833. The molecule has 0 aromatic carbocycles. The minimum Gasteiger partial charge on any atom is -0.282 e. The summed E-state index contributed by atoms with van der Waals surface area (Å²) in [4.78, 5) is 25.2. The van der Waals surface area contributed by atoms with Gasteiger partial charge in [-0.15, -0.1) is 0 Å². The first-order valence-electron chi connectivity index (χ1n) is 6.11. The van der Waals surface area contributed by atoms with Crippen molar-refractivity contribution >= 4 is 24.4 Å². The second-order valence-corrected chi connectivity index (χ2v) is 5.41. The molecule has 1 aliphatic carbocycles. The molecule has 0 aromatic heterocycles. The van der Waals surface area contributed by atoms with Crippen molar-refractivity contribution in [2.24, 2.45) is 5.41 Å². The van der Waals surface area contributed by atoms with Crippen molar-refractivity contribution in [2.45, 2.75) is 44.9 Å². The lowest BCUT2D eigenvalue weighted by atomic mass is 9.70. The molecule has 0 aromatic rings. The molecule has 90 valence electrons. The molecule has 2 amide bonds. The number of likely N-dealkylation sites (tertiary alicyclic amines) is 1. The fourth-order valence-electron chi connectivity index (χ4n) is 2.52. The summed E-state index contributed by atoms with van der Waals surface area (Å²) in [6, 6.07) is 0. The molecule has 3 nitrogen and oxygen atoms in total. The van der Waals surface area contributed by atoms with E-state index in [4.69, 9.17) is 0 Å². The Kier molecular flexibility index (Phi) is 3.57. The molecule has 2 rings (SSSR count). The third kappa shape index (κ3) is 2.26. The van der Waals surface area contributed by atoms with Gasteiger partial charge in [-0.1, -0.05) is 6.42 Å². The predicted octanol–water partition coefficient (Wildman–Crippen LogP) is 2.02. The lowest BCUT2D eigenvalue weighted by molar-refractivity contribution is -0.146. The number of hydrogen-bond donors (Lipinski definition) is 1. The van der Waals surface area contributed by atoms with Crippen molar-refractivity contribution in [2.75, 3.05) is 12.3 Å². The minimum absolute atomic E-state index is 0.0237. The molecule has 0 N–H and O–H groups in total. The molecular formula is C12H19NO2S. The van der Waals surface area contributed by atoms with Crippen molar-refractivity contribution in [3.8, 4) is 0 Å². The van der Waals surface area contributed by atoms with E-state index in [1.54, 1.807) is 0 Å². The van der Waals surface area contributed by atoms with E-state index >= 15 is 0 Å². The number of hydrogen-bond acceptors (Lipinski definition) is 3. The number of imide groups is 1. The highest BCUT2D eigenvalue weighted by molar-refractivity contribution is 7.80. The normalized spacial score (nSPS) is 25.2. The largest absolute Gasteiger partial charge is 0.282 e. The Balaban J connectivity index is 2.05. The molecule has 0 bridgehead atoms. The summed E-state index contributed by atoms with van der Waals surface area (Å²) < 4.78 is 0. The zero-order valence-corrected chi connectivity index (χ0v) is 10.5. The van der Waals surface area contributed by atoms with Crippen LogP contribution in [0.15, 0.2) is 0 Å². The van der Waals surface area contributed by atoms with E-state index in [0.717, 1.165) is 31.4 Å². The van der Waals surface area contributed by atoms with E-state index in [2.05, 4.69) is 12.6 Å². The van der Waals surface area contributed by atoms with Crippen LogP contribution in [0.2, 0.25) is 0 Å². The third-order valence-corrected chi connectivity index (χ3v) is 4.55. The van der Waals surface area contributed by atoms with E-state index in [9.17, 15) is 9.59 Å². The molecule has 4 heteroatoms. The number of carbonyl (C=O) groups excluding carboxylic acids is 2. The Labute approximate surface area is 102 Å². The molecule has 0 unspecified atom stereocenters. The maximum atomic E-state index is 11.8. The van der Waals surface area contributed by atoms with E-state index < -0.39 is 0 Å². The zero-order valence-electron chi connectivity index (χ0n) is 9.57. The molecule has 0 radical (unpaired) electrons. The summed E-state index contributed by atoms with van der Waals surface area (Å²) in [6.45, 7) is 0.605. The van der Waals surface area contributed by atoms with Gasteiger partial charge in [0, 0.05) is 19.4 Å². The highest BCUT2D eigenvalue weighted by Gasteiger charge is 2.40. The van der Waals surface area contributed by atoms with Gasteiger partial charge in [0.1, 0.15) is 0 Å². The Morgan fingerprint density at radius 2 is 1.62 bits per heavy atom. The first kappa shape index (κ1) is 12.0. The topological polar surface area (TPSA) is 37.4 Å². The van der Waals surface area contributed by atoms with Crippen molar-refractivity contribution in [3.63, 3.8) is 0 Å². The van der Waals surface area contributed by atoms with Crippen molar-refractivity contribution < 1.29 is 9.59 Å². The smallest absolute Gasteiger partial charge is 0.229 e. The van der Waals surface area contributed by atoms with Crippen LogP contribution in [0.5, 0.6) is 0 Å². The van der Waals surface area contributed by atoms with Gasteiger partial charge in [-0.05, 0) is 36.9 Å². The van der Waals surface area contributed by atoms with Crippen LogP contribution in [-0.2, 0) is 9.59 Å². The molecule has 1 saturated carbocycles. The van der Waals surface area contributed by atoms with Crippen LogP contribution >= 0.6 is 12.6 Å². The van der Waals surface area contributed by atoms with Gasteiger partial charge in [0.2, 0.25) is 11.8 Å². The molecule has 2 aliphatic rings. The zero-order chi connectivity index (χ0) is 11.6. The molecule has 2 fully saturated rings. The molecular weight excluding hydrogens is 222 g/mol. The summed E-state index contributed by atoms with van der Waals surface area (Å²) >= 11 is 4.37. The van der Waals surface area contributed by atoms with Crippen molar-refractivity contribution in [1.29, 1.82) is 0 Å². The minimum atomic E-state index is 0.0237. The van der Waals surface area contributed by atoms with Gasteiger partial charge in [-0.2, -0.15) is 12.6 Å². The lowest BCUT2D eigenvalue weighted by Crippen LogP contribution is -2.47. The number of nitrogens with zero attached hydrogens (tertiary/aromatic N) is 1. The first-order chi connectivity index (χ1) is 7.67. The maximum absolute atomic E-state index is 11.8. The molecule has 1 heterocycles. The second-order valence-electron chi connectivity index (χ2n) is 5.09. The average Bonchev–Trinajstić information content (AvgIpc) is 2.37. The summed E-state index contributed by atoms with van der Waals surface area (Å²) in [7, 11) is 0. The summed E-state index contributed by atoms with van der Waals surface area (Å²) in [5.74, 6) is 0.829. The fourth-order valence-corrected chi connectivity index (χ4v) is 2.93. The van der Waals surface area contributed by atoms with Crippen LogP contribution in [0, 0.1) is 5.41 Å². The lowest BCUT2D eigenvalue weighted by Gasteiger charge is -2.43. The van der Waals surface area contributed by atoms with Crippen LogP contribution in [-0.4, -0.2) is 29.0 Å². The number of amides is 2. The van der Waals surface area contributed by atoms with E-state index in [1.165, 1.54) is 11.3 Å². The highest BCUT2D eigenvalue weighted by atomic mass is 32.1. The highest BCUT2D eigenvalue weighted by Crippen LogP contribution is 2.42. The summed E-state index contributed by atoms with van der Waals surface area (Å²) in [6.07, 6.45) is 6.20. The first-order valence-corrected chi connectivity index (χ1v) is 6.74. The Hall–Kier alpha value is -0.510. The standard InChI is InChI=1S/C12H19NO2S/c14-10-4-1-2-5-11(15)13(10)8-12(9-16)6-3-7-12/h16H,1-9H2. The van der Waals surface area contributed by atoms with E-state index in [1.807, 2.05) is 0 Å². The van der Waals surface area contributed by atoms with Gasteiger partial charge in [0.15, 0.2) is 0 Å². The molecule has 16 heavy (non-hydrogen) atoms. The van der Waals surface area contributed by atoms with E-state index in [0.29, 0.717) is 19.4 Å². The van der Waals surface area contributed by atoms with Crippen LogP contribution in [0.1, 0.15) is 44.9 Å². The van der Waals surface area contributed by atoms with Gasteiger partial charge in [-0.25, -0.2) is 0 Å². The summed E-state index contributed by atoms with van der Waals surface area (Å²) in [5.41, 5.74) is 0.124. The van der Waals surface area contributed by atoms with Crippen LogP contribution in [0.3, 0.4) is 0 Å². The van der Waals surface area contributed by atoms with Gasteiger partial charge in [0.25, 0.3) is 0 Å². The Morgan fingerprint density at radius 3 is 2.00 bits per heavy atom. The van der Waals surface area contributed by atoms with Crippen LogP contribution in [0.25, 0.3) is 0 Å². The van der Waals surface area contributed by atoms with Gasteiger partial charge < -0.3 is 0 Å². The molecule has 0 spiro atoms. The predicted molar refractivity (Wildman–Crippen MR) is 65.3 cm³/mol. The molecule has 1 aliphatic heterocycles. The van der Waals surface area contributed by atoms with Crippen LogP contribution in [0.4, 0.5) is 0 Å². The van der Waals surface area contributed by atoms with E-state index in [-0.39, 0.29) is 17.2 Å². The quantitative estimate of drug-likeness (QED) is 0.606. The number of rotatable bonds is 3. The van der Waals surface area contributed by atoms with Crippen molar-refractivity contribution in [3.05, 3.63) is 0 Å². The second kappa shape index (κ2) is 4.78. The summed E-state index contributed by atoms with van der Waals surface area (Å²) in [5, 5.41) is 0. The average molecular weight is 241 g/mol. The third-order valence-electron chi connectivity index (χ3n) is 3.88. The van der Waals surface area contributed by atoms with Crippen molar-refractivity contribution in [1.82, 2.24) is 4.90 Å².